The summed E-state index contributed by atoms with van der Waals surface area (Å²) in [6.07, 6.45) is 0. The van der Waals surface area contributed by atoms with Crippen molar-refractivity contribution in [3.8, 4) is 0 Å². The monoisotopic (exact) mass is 342 g/mol. The third-order valence-electron chi connectivity index (χ3n) is 3.42. The summed E-state index contributed by atoms with van der Waals surface area (Å²) in [5.41, 5.74) is 0.302. The molecule has 24 heavy (non-hydrogen) atoms. The molecule has 122 valence electrons. The maximum atomic E-state index is 12.1. The number of benzene rings is 2. The van der Waals surface area contributed by atoms with Crippen molar-refractivity contribution in [3.63, 3.8) is 0 Å². The van der Waals surface area contributed by atoms with Crippen LogP contribution in [0.2, 0.25) is 0 Å². The maximum Gasteiger partial charge on any atom is 0.345 e. The van der Waals surface area contributed by atoms with E-state index in [9.17, 15) is 13.2 Å². The number of rotatable bonds is 4. The smallest absolute Gasteiger partial charge is 0.345 e. The van der Waals surface area contributed by atoms with Gasteiger partial charge in [-0.2, -0.15) is 18.4 Å². The number of nitrogens with zero attached hydrogens (tertiary/aromatic N) is 1. The third kappa shape index (κ3) is 3.21. The quantitative estimate of drug-likeness (QED) is 0.448. The van der Waals surface area contributed by atoms with E-state index in [1.165, 1.54) is 19.1 Å². The Hall–Kier alpha value is -2.93. The number of hydrogen-bond donors (Lipinski definition) is 1. The number of nitrogens with one attached hydrogen (secondary N) is 1. The molecular weight excluding hydrogens is 328 g/mol. The van der Waals surface area contributed by atoms with E-state index >= 15 is 0 Å². The van der Waals surface area contributed by atoms with Crippen LogP contribution in [0, 0.1) is 0 Å². The maximum absolute atomic E-state index is 12.1. The Morgan fingerprint density at radius 3 is 2.46 bits per heavy atom. The second-order valence-corrected chi connectivity index (χ2v) is 6.75. The van der Waals surface area contributed by atoms with E-state index in [1.54, 1.807) is 42.5 Å². The number of fused-ring (bicyclic) bond motifs is 1. The third-order valence-corrected chi connectivity index (χ3v) is 4.64. The summed E-state index contributed by atoms with van der Waals surface area (Å²) in [7, 11) is -3.79. The minimum absolute atomic E-state index is 0.0899. The van der Waals surface area contributed by atoms with Crippen molar-refractivity contribution in [1.29, 1.82) is 0 Å². The number of hydrogen-bond acceptors (Lipinski definition) is 5. The van der Waals surface area contributed by atoms with Crippen LogP contribution < -0.4 is 10.5 Å². The van der Waals surface area contributed by atoms with Gasteiger partial charge in [-0.3, -0.25) is 0 Å². The number of para-hydroxylation sites is 1. The Balaban J connectivity index is 1.94. The second-order valence-electron chi connectivity index (χ2n) is 5.09. The fourth-order valence-corrected chi connectivity index (χ4v) is 3.03. The highest BCUT2D eigenvalue weighted by molar-refractivity contribution is 7.89. The fraction of sp³-hybridized carbons (Fsp3) is 0.0588. The van der Waals surface area contributed by atoms with Crippen molar-refractivity contribution >= 4 is 26.7 Å². The largest absolute Gasteiger partial charge is 0.422 e. The first-order valence-electron chi connectivity index (χ1n) is 7.12. The summed E-state index contributed by atoms with van der Waals surface area (Å²) in [5.74, 6) is 0. The van der Waals surface area contributed by atoms with E-state index in [0.29, 0.717) is 5.58 Å². The molecular formula is C17H14N2O4S. The Labute approximate surface area is 138 Å². The average Bonchev–Trinajstić information content (AvgIpc) is 2.60. The minimum Gasteiger partial charge on any atom is -0.422 e. The van der Waals surface area contributed by atoms with Gasteiger partial charge < -0.3 is 4.42 Å². The molecule has 2 aromatic carbocycles. The molecule has 0 amide bonds. The summed E-state index contributed by atoms with van der Waals surface area (Å²) in [4.78, 5) is 14.3. The lowest BCUT2D eigenvalue weighted by atomic mass is 10.1. The van der Waals surface area contributed by atoms with E-state index in [-0.39, 0.29) is 16.2 Å². The second kappa shape index (κ2) is 6.29. The van der Waals surface area contributed by atoms with Gasteiger partial charge in [-0.05, 0) is 31.2 Å². The van der Waals surface area contributed by atoms with Crippen LogP contribution in [0.3, 0.4) is 0 Å². The molecule has 1 heterocycles. The van der Waals surface area contributed by atoms with Crippen LogP contribution in [0.15, 0.2) is 79.9 Å². The van der Waals surface area contributed by atoms with Gasteiger partial charge in [0.1, 0.15) is 5.58 Å². The topological polar surface area (TPSA) is 88.7 Å². The zero-order chi connectivity index (χ0) is 17.2. The van der Waals surface area contributed by atoms with Crippen LogP contribution in [0.25, 0.3) is 11.0 Å². The van der Waals surface area contributed by atoms with Crippen molar-refractivity contribution in [3.05, 3.63) is 76.6 Å². The molecule has 0 spiro atoms. The Morgan fingerprint density at radius 2 is 1.71 bits per heavy atom. The molecule has 0 fully saturated rings. The molecule has 1 N–H and O–H groups in total. The van der Waals surface area contributed by atoms with Crippen LogP contribution in [-0.2, 0) is 10.0 Å². The van der Waals surface area contributed by atoms with Crippen molar-refractivity contribution < 1.29 is 12.8 Å². The van der Waals surface area contributed by atoms with Crippen molar-refractivity contribution in [2.45, 2.75) is 11.8 Å². The molecule has 0 aliphatic rings. The molecule has 3 aromatic rings. The van der Waals surface area contributed by atoms with E-state index in [4.69, 9.17) is 4.42 Å². The highest BCUT2D eigenvalue weighted by atomic mass is 32.2. The molecule has 3 rings (SSSR count). The molecule has 0 bridgehead atoms. The van der Waals surface area contributed by atoms with Crippen LogP contribution in [0.4, 0.5) is 0 Å². The summed E-state index contributed by atoms with van der Waals surface area (Å²) in [6, 6.07) is 16.5. The Bertz CT molecular complexity index is 1070. The van der Waals surface area contributed by atoms with Crippen LogP contribution in [0.5, 0.6) is 0 Å². The SMILES string of the molecule is C/C(=N\NS(=O)(=O)c1ccccc1)c1cc2ccccc2oc1=O. The van der Waals surface area contributed by atoms with Gasteiger partial charge in [0.15, 0.2) is 0 Å². The molecule has 1 aromatic heterocycles. The van der Waals surface area contributed by atoms with Crippen molar-refractivity contribution in [2.24, 2.45) is 5.10 Å². The molecule has 0 unspecified atom stereocenters. The first-order chi connectivity index (χ1) is 11.5. The highest BCUT2D eigenvalue weighted by Crippen LogP contribution is 2.13. The molecule has 0 aliphatic heterocycles. The molecule has 0 atom stereocenters. The standard InChI is InChI=1S/C17H14N2O4S/c1-12(18-19-24(21,22)14-8-3-2-4-9-14)15-11-13-7-5-6-10-16(13)23-17(15)20/h2-11,19H,1H3/b18-12+. The molecule has 0 saturated heterocycles. The van der Waals surface area contributed by atoms with Gasteiger partial charge in [0.2, 0.25) is 0 Å². The number of sulfonamides is 1. The Kier molecular flexibility index (Phi) is 4.18. The number of hydrazone groups is 1. The Morgan fingerprint density at radius 1 is 1.04 bits per heavy atom. The lowest BCUT2D eigenvalue weighted by Gasteiger charge is -2.05. The molecule has 0 aliphatic carbocycles. The molecule has 0 radical (unpaired) electrons. The van der Waals surface area contributed by atoms with Crippen molar-refractivity contribution in [1.82, 2.24) is 4.83 Å². The minimum atomic E-state index is -3.79. The van der Waals surface area contributed by atoms with Gasteiger partial charge in [0.05, 0.1) is 16.2 Å². The van der Waals surface area contributed by atoms with Gasteiger partial charge in [-0.15, -0.1) is 0 Å². The summed E-state index contributed by atoms with van der Waals surface area (Å²) < 4.78 is 29.5. The molecule has 7 heteroatoms. The summed E-state index contributed by atoms with van der Waals surface area (Å²) >= 11 is 0. The fourth-order valence-electron chi connectivity index (χ4n) is 2.16. The molecule has 6 nitrogen and oxygen atoms in total. The lowest BCUT2D eigenvalue weighted by molar-refractivity contribution is 0.559. The van der Waals surface area contributed by atoms with E-state index in [1.807, 2.05) is 6.07 Å². The van der Waals surface area contributed by atoms with E-state index in [0.717, 1.165) is 5.39 Å². The molecule has 0 saturated carbocycles. The highest BCUT2D eigenvalue weighted by Gasteiger charge is 2.13. The normalized spacial score (nSPS) is 12.3. The van der Waals surface area contributed by atoms with Crippen molar-refractivity contribution in [2.75, 3.05) is 0 Å². The van der Waals surface area contributed by atoms with Gasteiger partial charge in [-0.25, -0.2) is 4.79 Å². The first-order valence-corrected chi connectivity index (χ1v) is 8.60. The zero-order valence-electron chi connectivity index (χ0n) is 12.8. The van der Waals surface area contributed by atoms with E-state index < -0.39 is 15.6 Å². The zero-order valence-corrected chi connectivity index (χ0v) is 13.6. The van der Waals surface area contributed by atoms with Crippen LogP contribution in [-0.4, -0.2) is 14.1 Å². The predicted molar refractivity (Wildman–Crippen MR) is 91.5 cm³/mol. The summed E-state index contributed by atoms with van der Waals surface area (Å²) in [6.45, 7) is 1.54. The van der Waals surface area contributed by atoms with Crippen LogP contribution >= 0.6 is 0 Å². The van der Waals surface area contributed by atoms with Gasteiger partial charge in [0.25, 0.3) is 10.0 Å². The first kappa shape index (κ1) is 15.9. The van der Waals surface area contributed by atoms with Gasteiger partial charge in [-0.1, -0.05) is 36.4 Å². The van der Waals surface area contributed by atoms with Crippen LogP contribution in [0.1, 0.15) is 12.5 Å². The summed E-state index contributed by atoms with van der Waals surface area (Å²) in [5, 5.41) is 4.56. The predicted octanol–water partition coefficient (Wildman–Crippen LogP) is 2.50. The van der Waals surface area contributed by atoms with Gasteiger partial charge in [0, 0.05) is 5.39 Å². The van der Waals surface area contributed by atoms with E-state index in [2.05, 4.69) is 9.93 Å². The lowest BCUT2D eigenvalue weighted by Crippen LogP contribution is -2.21. The van der Waals surface area contributed by atoms with Gasteiger partial charge >= 0.3 is 5.63 Å². The average molecular weight is 342 g/mol.